The summed E-state index contributed by atoms with van der Waals surface area (Å²) in [5.74, 6) is 0.698. The van der Waals surface area contributed by atoms with Crippen LogP contribution in [0.25, 0.3) is 0 Å². The van der Waals surface area contributed by atoms with Gasteiger partial charge in [0.15, 0.2) is 0 Å². The van der Waals surface area contributed by atoms with Crippen LogP contribution in [0, 0.1) is 5.92 Å². The van der Waals surface area contributed by atoms with E-state index >= 15 is 0 Å². The Labute approximate surface area is 119 Å². The minimum absolute atomic E-state index is 0.0102. The average Bonchev–Trinajstić information content (AvgIpc) is 2.79. The highest BCUT2D eigenvalue weighted by molar-refractivity contribution is 9.10. The number of fused-ring (bicyclic) bond motifs is 1. The molecule has 3 aliphatic carbocycles. The molecule has 0 atom stereocenters. The van der Waals surface area contributed by atoms with Gasteiger partial charge >= 0.3 is 0 Å². The first-order valence-electron chi connectivity index (χ1n) is 5.75. The van der Waals surface area contributed by atoms with Crippen molar-refractivity contribution in [2.24, 2.45) is 5.92 Å². The van der Waals surface area contributed by atoms with Crippen molar-refractivity contribution in [3.63, 3.8) is 0 Å². The number of aromatic nitrogens is 1. The van der Waals surface area contributed by atoms with E-state index in [0.29, 0.717) is 10.4 Å². The van der Waals surface area contributed by atoms with Crippen LogP contribution in [0.15, 0.2) is 21.6 Å². The van der Waals surface area contributed by atoms with Gasteiger partial charge in [0, 0.05) is 16.2 Å². The molecule has 3 fully saturated rings. The molecule has 7 heteroatoms. The summed E-state index contributed by atoms with van der Waals surface area (Å²) < 4.78 is 28.1. The van der Waals surface area contributed by atoms with Crippen molar-refractivity contribution in [3.05, 3.63) is 21.9 Å². The SMILES string of the molecule is O=S(=O)(NC12CCC(C1)C2)c1cc(Br)cnc1Cl. The van der Waals surface area contributed by atoms with Gasteiger partial charge in [0.25, 0.3) is 0 Å². The van der Waals surface area contributed by atoms with Gasteiger partial charge in [-0.1, -0.05) is 11.6 Å². The lowest BCUT2D eigenvalue weighted by molar-refractivity contribution is 0.224. The maximum absolute atomic E-state index is 12.3. The number of pyridine rings is 1. The van der Waals surface area contributed by atoms with E-state index in [2.05, 4.69) is 25.6 Å². The molecule has 0 saturated heterocycles. The van der Waals surface area contributed by atoms with E-state index < -0.39 is 10.0 Å². The lowest BCUT2D eigenvalue weighted by Crippen LogP contribution is -2.51. The lowest BCUT2D eigenvalue weighted by Gasteiger charge is -2.38. The summed E-state index contributed by atoms with van der Waals surface area (Å²) in [5, 5.41) is 0.0102. The van der Waals surface area contributed by atoms with E-state index in [1.54, 1.807) is 0 Å². The van der Waals surface area contributed by atoms with Crippen molar-refractivity contribution in [1.29, 1.82) is 0 Å². The molecule has 0 spiro atoms. The van der Waals surface area contributed by atoms with Crippen LogP contribution in [-0.4, -0.2) is 18.9 Å². The maximum Gasteiger partial charge on any atom is 0.244 e. The topological polar surface area (TPSA) is 59.1 Å². The number of halogens is 2. The predicted molar refractivity (Wildman–Crippen MR) is 72.0 cm³/mol. The van der Waals surface area contributed by atoms with Crippen molar-refractivity contribution < 1.29 is 8.42 Å². The molecule has 1 aromatic rings. The average molecular weight is 352 g/mol. The number of nitrogens with one attached hydrogen (secondary N) is 1. The largest absolute Gasteiger partial charge is 0.244 e. The van der Waals surface area contributed by atoms with Crippen molar-refractivity contribution >= 4 is 37.6 Å². The first-order valence-corrected chi connectivity index (χ1v) is 8.41. The fraction of sp³-hybridized carbons (Fsp3) is 0.545. The zero-order valence-electron chi connectivity index (χ0n) is 9.49. The summed E-state index contributed by atoms with van der Waals surface area (Å²) in [7, 11) is -3.59. The van der Waals surface area contributed by atoms with Crippen LogP contribution in [0.3, 0.4) is 0 Å². The summed E-state index contributed by atoms with van der Waals surface area (Å²) in [6.07, 6.45) is 5.42. The van der Waals surface area contributed by atoms with Crippen LogP contribution in [0.4, 0.5) is 0 Å². The Kier molecular flexibility index (Phi) is 2.97. The molecule has 18 heavy (non-hydrogen) atoms. The molecule has 98 valence electrons. The van der Waals surface area contributed by atoms with E-state index in [9.17, 15) is 8.42 Å². The van der Waals surface area contributed by atoms with Crippen molar-refractivity contribution in [3.8, 4) is 0 Å². The van der Waals surface area contributed by atoms with Crippen molar-refractivity contribution in [1.82, 2.24) is 9.71 Å². The van der Waals surface area contributed by atoms with E-state index in [0.717, 1.165) is 25.7 Å². The fourth-order valence-corrected chi connectivity index (χ4v) is 5.40. The Hall–Kier alpha value is -0.170. The molecule has 1 N–H and O–H groups in total. The Morgan fingerprint density at radius 2 is 2.22 bits per heavy atom. The molecular weight excluding hydrogens is 340 g/mol. The molecule has 0 radical (unpaired) electrons. The summed E-state index contributed by atoms with van der Waals surface area (Å²) in [6.45, 7) is 0. The minimum Gasteiger partial charge on any atom is -0.242 e. The van der Waals surface area contributed by atoms with Gasteiger partial charge in [-0.3, -0.25) is 0 Å². The number of hydrogen-bond acceptors (Lipinski definition) is 3. The smallest absolute Gasteiger partial charge is 0.242 e. The van der Waals surface area contributed by atoms with E-state index in [1.165, 1.54) is 12.3 Å². The summed E-state index contributed by atoms with van der Waals surface area (Å²) in [5.41, 5.74) is -0.227. The second kappa shape index (κ2) is 4.16. The Morgan fingerprint density at radius 1 is 1.50 bits per heavy atom. The third-order valence-electron chi connectivity index (χ3n) is 3.80. The van der Waals surface area contributed by atoms with Crippen LogP contribution >= 0.6 is 27.5 Å². The predicted octanol–water partition coefficient (Wildman–Crippen LogP) is 2.72. The molecule has 3 aliphatic rings. The second-order valence-electron chi connectivity index (χ2n) is 5.14. The molecular formula is C11H12BrClN2O2S. The number of sulfonamides is 1. The van der Waals surface area contributed by atoms with Gasteiger partial charge < -0.3 is 0 Å². The monoisotopic (exact) mass is 350 g/mol. The van der Waals surface area contributed by atoms with Crippen molar-refractivity contribution in [2.45, 2.75) is 36.1 Å². The zero-order valence-corrected chi connectivity index (χ0v) is 12.6. The molecule has 2 bridgehead atoms. The molecule has 4 nitrogen and oxygen atoms in total. The highest BCUT2D eigenvalue weighted by atomic mass is 79.9. The quantitative estimate of drug-likeness (QED) is 0.852. The van der Waals surface area contributed by atoms with Crippen LogP contribution in [0.5, 0.6) is 0 Å². The first kappa shape index (κ1) is 12.8. The van der Waals surface area contributed by atoms with Gasteiger partial charge in [-0.15, -0.1) is 0 Å². The van der Waals surface area contributed by atoms with Crippen LogP contribution < -0.4 is 4.72 Å². The summed E-state index contributed by atoms with van der Waals surface area (Å²) >= 11 is 9.08. The van der Waals surface area contributed by atoms with Gasteiger partial charge in [-0.05, 0) is 53.6 Å². The van der Waals surface area contributed by atoms with E-state index in [1.807, 2.05) is 0 Å². The van der Waals surface area contributed by atoms with Crippen molar-refractivity contribution in [2.75, 3.05) is 0 Å². The summed E-state index contributed by atoms with van der Waals surface area (Å²) in [6, 6.07) is 1.49. The highest BCUT2D eigenvalue weighted by Crippen LogP contribution is 2.52. The van der Waals surface area contributed by atoms with Gasteiger partial charge in [0.2, 0.25) is 10.0 Å². The third-order valence-corrected chi connectivity index (χ3v) is 6.24. The molecule has 0 amide bonds. The Morgan fingerprint density at radius 3 is 2.83 bits per heavy atom. The second-order valence-corrected chi connectivity index (χ2v) is 8.07. The van der Waals surface area contributed by atoms with Crippen LogP contribution in [-0.2, 0) is 10.0 Å². The number of rotatable bonds is 3. The minimum atomic E-state index is -3.59. The highest BCUT2D eigenvalue weighted by Gasteiger charge is 2.52. The Bertz CT molecular complexity index is 594. The maximum atomic E-state index is 12.3. The van der Waals surface area contributed by atoms with Crippen LogP contribution in [0.1, 0.15) is 25.7 Å². The molecule has 4 rings (SSSR count). The number of nitrogens with zero attached hydrogens (tertiary/aromatic N) is 1. The standard InChI is InChI=1S/C11H12BrClN2O2S/c12-8-3-9(10(13)14-6-8)18(16,17)15-11-2-1-7(4-11)5-11/h3,6-7,15H,1-2,4-5H2. The van der Waals surface area contributed by atoms with Gasteiger partial charge in [0.1, 0.15) is 10.0 Å². The normalized spacial score (nSPS) is 30.2. The van der Waals surface area contributed by atoms with Gasteiger partial charge in [0.05, 0.1) is 0 Å². The molecule has 1 aromatic heterocycles. The van der Waals surface area contributed by atoms with Crippen LogP contribution in [0.2, 0.25) is 5.15 Å². The molecule has 3 saturated carbocycles. The van der Waals surface area contributed by atoms with E-state index in [4.69, 9.17) is 11.6 Å². The van der Waals surface area contributed by atoms with Gasteiger partial charge in [-0.2, -0.15) is 0 Å². The Balaban J connectivity index is 1.92. The van der Waals surface area contributed by atoms with E-state index in [-0.39, 0.29) is 15.6 Å². The fourth-order valence-electron chi connectivity index (χ4n) is 3.00. The first-order chi connectivity index (χ1) is 8.40. The molecule has 0 aliphatic heterocycles. The molecule has 0 aromatic carbocycles. The third kappa shape index (κ3) is 2.09. The molecule has 0 unspecified atom stereocenters. The number of hydrogen-bond donors (Lipinski definition) is 1. The summed E-state index contributed by atoms with van der Waals surface area (Å²) in [4.78, 5) is 3.90. The zero-order chi connectivity index (χ0) is 13.0. The molecule has 1 heterocycles. The van der Waals surface area contributed by atoms with Gasteiger partial charge in [-0.25, -0.2) is 18.1 Å². The lowest BCUT2D eigenvalue weighted by atomic mass is 9.78.